The Morgan fingerprint density at radius 3 is 2.55 bits per heavy atom. The summed E-state index contributed by atoms with van der Waals surface area (Å²) in [6.07, 6.45) is -2.73. The molecule has 13 heteroatoms. The number of nitrogens with one attached hydrogen (secondary N) is 1. The van der Waals surface area contributed by atoms with Crippen molar-refractivity contribution in [2.75, 3.05) is 16.0 Å². The second-order valence-corrected chi connectivity index (χ2v) is 11.3. The van der Waals surface area contributed by atoms with Crippen LogP contribution in [0.5, 0.6) is 5.75 Å². The van der Waals surface area contributed by atoms with Gasteiger partial charge in [0.05, 0.1) is 17.1 Å². The molecule has 9 nitrogen and oxygen atoms in total. The molecule has 2 heterocycles. The maximum atomic E-state index is 13.1. The molecule has 0 saturated carbocycles. The molecule has 0 radical (unpaired) electrons. The van der Waals surface area contributed by atoms with Crippen molar-refractivity contribution in [3.8, 4) is 22.8 Å². The lowest BCUT2D eigenvalue weighted by atomic mass is 9.99. The number of benzene rings is 3. The first-order chi connectivity index (χ1) is 20.9. The maximum Gasteiger partial charge on any atom is 0.573 e. The molecule has 3 aromatic carbocycles. The summed E-state index contributed by atoms with van der Waals surface area (Å²) in [5.41, 5.74) is 5.28. The summed E-state index contributed by atoms with van der Waals surface area (Å²) in [7, 11) is 0. The summed E-state index contributed by atoms with van der Waals surface area (Å²) in [4.78, 5) is 36.1. The van der Waals surface area contributed by atoms with E-state index in [4.69, 9.17) is 0 Å². The lowest BCUT2D eigenvalue weighted by Crippen LogP contribution is -2.31. The number of anilines is 2. The van der Waals surface area contributed by atoms with Gasteiger partial charge in [0.1, 0.15) is 12.1 Å². The number of thioether (sulfide) groups is 1. The van der Waals surface area contributed by atoms with Gasteiger partial charge in [0, 0.05) is 11.3 Å². The molecule has 1 aromatic heterocycles. The molecule has 0 spiro atoms. The average molecular weight is 623 g/mol. The smallest absolute Gasteiger partial charge is 0.406 e. The van der Waals surface area contributed by atoms with Crippen molar-refractivity contribution in [3.63, 3.8) is 0 Å². The van der Waals surface area contributed by atoms with Crippen LogP contribution in [0.1, 0.15) is 43.4 Å². The Morgan fingerprint density at radius 2 is 1.86 bits per heavy atom. The number of amides is 3. The first-order valence-corrected chi connectivity index (χ1v) is 14.8. The highest BCUT2D eigenvalue weighted by atomic mass is 32.2. The van der Waals surface area contributed by atoms with Crippen molar-refractivity contribution in [1.82, 2.24) is 14.8 Å². The SMILES string of the molecule is CCc1cc(-c2ncn(-c3ccc(OC(F)(F)F)cc3)n2)ccc1NC(=O)N=C1SCC(=O)N1c1cc(C)ccc1C(C)C. The second kappa shape index (κ2) is 12.5. The van der Waals surface area contributed by atoms with Crippen LogP contribution in [0.15, 0.2) is 72.0 Å². The van der Waals surface area contributed by atoms with Crippen LogP contribution in [0, 0.1) is 6.92 Å². The molecule has 0 aliphatic carbocycles. The van der Waals surface area contributed by atoms with Crippen molar-refractivity contribution >= 4 is 40.2 Å². The minimum Gasteiger partial charge on any atom is -0.406 e. The van der Waals surface area contributed by atoms with Crippen molar-refractivity contribution in [2.24, 2.45) is 4.99 Å². The van der Waals surface area contributed by atoms with Gasteiger partial charge in [-0.15, -0.1) is 18.3 Å². The number of carbonyl (C=O) groups excluding carboxylic acids is 2. The van der Waals surface area contributed by atoms with Crippen LogP contribution < -0.4 is 15.0 Å². The van der Waals surface area contributed by atoms with Gasteiger partial charge < -0.3 is 10.1 Å². The van der Waals surface area contributed by atoms with Gasteiger partial charge in [0.25, 0.3) is 0 Å². The Labute approximate surface area is 256 Å². The number of aliphatic imine (C=N–C) groups is 1. The molecule has 4 aromatic rings. The van der Waals surface area contributed by atoms with E-state index < -0.39 is 12.4 Å². The number of alkyl halides is 3. The number of ether oxygens (including phenoxy) is 1. The number of urea groups is 1. The van der Waals surface area contributed by atoms with Crippen LogP contribution in [0.2, 0.25) is 0 Å². The highest BCUT2D eigenvalue weighted by Gasteiger charge is 2.33. The van der Waals surface area contributed by atoms with E-state index in [9.17, 15) is 22.8 Å². The molecule has 0 atom stereocenters. The molecule has 1 N–H and O–H groups in total. The third kappa shape index (κ3) is 6.94. The van der Waals surface area contributed by atoms with Crippen molar-refractivity contribution in [1.29, 1.82) is 0 Å². The van der Waals surface area contributed by atoms with Gasteiger partial charge in [-0.3, -0.25) is 9.69 Å². The average Bonchev–Trinajstić information content (AvgIpc) is 3.59. The van der Waals surface area contributed by atoms with E-state index in [1.54, 1.807) is 12.1 Å². The fourth-order valence-corrected chi connectivity index (χ4v) is 5.57. The summed E-state index contributed by atoms with van der Waals surface area (Å²) >= 11 is 1.22. The molecule has 0 bridgehead atoms. The third-order valence-corrected chi connectivity index (χ3v) is 7.75. The number of nitrogens with zero attached hydrogens (tertiary/aromatic N) is 5. The fraction of sp³-hybridized carbons (Fsp3) is 0.258. The van der Waals surface area contributed by atoms with Crippen molar-refractivity contribution in [3.05, 3.63) is 83.7 Å². The number of rotatable bonds is 7. The van der Waals surface area contributed by atoms with Crippen LogP contribution >= 0.6 is 11.8 Å². The number of carbonyl (C=O) groups is 2. The van der Waals surface area contributed by atoms with Crippen LogP contribution in [0.4, 0.5) is 29.3 Å². The van der Waals surface area contributed by atoms with E-state index in [2.05, 4.69) is 39.0 Å². The topological polar surface area (TPSA) is 102 Å². The van der Waals surface area contributed by atoms with E-state index in [-0.39, 0.29) is 23.3 Å². The lowest BCUT2D eigenvalue weighted by molar-refractivity contribution is -0.274. The van der Waals surface area contributed by atoms with E-state index in [1.165, 1.54) is 51.9 Å². The first-order valence-electron chi connectivity index (χ1n) is 13.8. The molecule has 1 saturated heterocycles. The van der Waals surface area contributed by atoms with Crippen LogP contribution in [0.3, 0.4) is 0 Å². The summed E-state index contributed by atoms with van der Waals surface area (Å²) in [6, 6.07) is 16.0. The Hall–Kier alpha value is -4.65. The number of amidine groups is 1. The second-order valence-electron chi connectivity index (χ2n) is 10.3. The molecule has 5 rings (SSSR count). The molecule has 1 aliphatic rings. The van der Waals surface area contributed by atoms with Crippen molar-refractivity contribution in [2.45, 2.75) is 46.4 Å². The number of halogens is 3. The molecule has 3 amide bonds. The summed E-state index contributed by atoms with van der Waals surface area (Å²) in [6.45, 7) is 8.00. The molecule has 1 aliphatic heterocycles. The van der Waals surface area contributed by atoms with Gasteiger partial charge in [-0.25, -0.2) is 14.5 Å². The lowest BCUT2D eigenvalue weighted by Gasteiger charge is -2.22. The quantitative estimate of drug-likeness (QED) is 0.229. The third-order valence-electron chi connectivity index (χ3n) is 6.82. The fourth-order valence-electron chi connectivity index (χ4n) is 4.71. The minimum absolute atomic E-state index is 0.134. The summed E-state index contributed by atoms with van der Waals surface area (Å²) in [5.74, 6) is 0.286. The molecule has 44 heavy (non-hydrogen) atoms. The van der Waals surface area contributed by atoms with Crippen molar-refractivity contribution < 1.29 is 27.5 Å². The van der Waals surface area contributed by atoms with Crippen LogP contribution in [-0.2, 0) is 11.2 Å². The van der Waals surface area contributed by atoms with Gasteiger partial charge in [-0.05, 0) is 84.5 Å². The molecule has 228 valence electrons. The van der Waals surface area contributed by atoms with E-state index in [1.807, 2.05) is 38.1 Å². The Balaban J connectivity index is 1.33. The standard InChI is InChI=1S/C31H29F3N6O3S/c1-5-20-15-21(28-35-17-39(38-28)22-8-10-23(11-9-22)43-31(32,33)34)7-13-25(20)36-29(42)37-30-40(27(41)16-44-30)26-14-19(4)6-12-24(26)18(2)3/h6-15,17-18H,5,16H2,1-4H3,(H,36,42). The number of aryl methyl sites for hydroxylation is 2. The predicted molar refractivity (Wildman–Crippen MR) is 165 cm³/mol. The monoisotopic (exact) mass is 622 g/mol. The predicted octanol–water partition coefficient (Wildman–Crippen LogP) is 7.50. The normalized spacial score (nSPS) is 14.5. The largest absolute Gasteiger partial charge is 0.573 e. The van der Waals surface area contributed by atoms with Gasteiger partial charge in [0.2, 0.25) is 5.91 Å². The highest BCUT2D eigenvalue weighted by Crippen LogP contribution is 2.34. The summed E-state index contributed by atoms with van der Waals surface area (Å²) < 4.78 is 42.7. The molecular formula is C31H29F3N6O3S. The van der Waals surface area contributed by atoms with Gasteiger partial charge in [-0.1, -0.05) is 44.7 Å². The first kappa shape index (κ1) is 30.8. The highest BCUT2D eigenvalue weighted by molar-refractivity contribution is 8.15. The number of hydrogen-bond donors (Lipinski definition) is 1. The summed E-state index contributed by atoms with van der Waals surface area (Å²) in [5, 5.41) is 7.61. The Morgan fingerprint density at radius 1 is 1.11 bits per heavy atom. The van der Waals surface area contributed by atoms with E-state index in [0.717, 1.165) is 22.4 Å². The van der Waals surface area contributed by atoms with Crippen LogP contribution in [0.25, 0.3) is 17.1 Å². The Bertz CT molecular complexity index is 1730. The molecular weight excluding hydrogens is 593 g/mol. The number of aromatic nitrogens is 3. The van der Waals surface area contributed by atoms with Gasteiger partial charge in [0.15, 0.2) is 11.0 Å². The Kier molecular flexibility index (Phi) is 8.77. The minimum atomic E-state index is -4.77. The van der Waals surface area contributed by atoms with E-state index >= 15 is 0 Å². The zero-order valence-corrected chi connectivity index (χ0v) is 25.2. The van der Waals surface area contributed by atoms with Gasteiger partial charge >= 0.3 is 12.4 Å². The van der Waals surface area contributed by atoms with E-state index in [0.29, 0.717) is 34.4 Å². The van der Waals surface area contributed by atoms with Gasteiger partial charge in [-0.2, -0.15) is 4.99 Å². The zero-order valence-electron chi connectivity index (χ0n) is 24.3. The maximum absolute atomic E-state index is 13.1. The van der Waals surface area contributed by atoms with Crippen LogP contribution in [-0.4, -0.2) is 44.0 Å². The number of hydrogen-bond acceptors (Lipinski definition) is 6. The molecule has 0 unspecified atom stereocenters. The molecule has 1 fully saturated rings. The zero-order chi connectivity index (χ0) is 31.6.